The molecule has 1 rings (SSSR count). The zero-order valence-electron chi connectivity index (χ0n) is 17.1. The van der Waals surface area contributed by atoms with E-state index in [1.54, 1.807) is 21.3 Å². The van der Waals surface area contributed by atoms with Gasteiger partial charge in [-0.1, -0.05) is 13.8 Å². The number of hydrogen-bond donors (Lipinski definition) is 2. The molecule has 0 spiro atoms. The number of guanidine groups is 1. The number of nitrogens with zero attached hydrogens (tertiary/aromatic N) is 1. The van der Waals surface area contributed by atoms with Crippen molar-refractivity contribution in [1.82, 2.24) is 10.6 Å². The first-order valence-corrected chi connectivity index (χ1v) is 9.32. The molecule has 6 nitrogen and oxygen atoms in total. The molecule has 1 unspecified atom stereocenters. The van der Waals surface area contributed by atoms with Crippen molar-refractivity contribution in [3.05, 3.63) is 23.8 Å². The average Bonchev–Trinajstić information content (AvgIpc) is 2.65. The third-order valence-corrected chi connectivity index (χ3v) is 4.24. The maximum Gasteiger partial charge on any atom is 0.190 e. The highest BCUT2D eigenvalue weighted by Gasteiger charge is 2.13. The zero-order chi connectivity index (χ0) is 19.4. The van der Waals surface area contributed by atoms with Crippen LogP contribution in [0.25, 0.3) is 0 Å². The van der Waals surface area contributed by atoms with Crippen LogP contribution in [0.1, 0.15) is 32.8 Å². The van der Waals surface area contributed by atoms with E-state index < -0.39 is 0 Å². The maximum absolute atomic E-state index is 5.78. The molecule has 1 aromatic carbocycles. The normalized spacial score (nSPS) is 12.8. The van der Waals surface area contributed by atoms with Crippen LogP contribution >= 0.6 is 0 Å². The molecule has 0 aliphatic carbocycles. The number of nitrogens with one attached hydrogen (secondary N) is 2. The van der Waals surface area contributed by atoms with Crippen LogP contribution in [0.3, 0.4) is 0 Å². The molecule has 2 N–H and O–H groups in total. The molecule has 1 atom stereocenters. The van der Waals surface area contributed by atoms with Crippen molar-refractivity contribution in [2.45, 2.75) is 39.7 Å². The van der Waals surface area contributed by atoms with Crippen LogP contribution in [0.15, 0.2) is 23.2 Å². The third-order valence-electron chi connectivity index (χ3n) is 4.24. The zero-order valence-corrected chi connectivity index (χ0v) is 17.1. The molecular formula is C20H35N3O3. The first kappa shape index (κ1) is 22.1. The molecule has 0 heterocycles. The number of benzene rings is 1. The van der Waals surface area contributed by atoms with Crippen molar-refractivity contribution < 1.29 is 14.2 Å². The fourth-order valence-corrected chi connectivity index (χ4v) is 2.77. The number of aliphatic imine (C=N–C) groups is 1. The lowest BCUT2D eigenvalue weighted by Crippen LogP contribution is -2.40. The van der Waals surface area contributed by atoms with E-state index in [0.717, 1.165) is 55.6 Å². The predicted octanol–water partition coefficient (Wildman–Crippen LogP) is 2.86. The molecular weight excluding hydrogens is 330 g/mol. The van der Waals surface area contributed by atoms with Crippen molar-refractivity contribution in [2.24, 2.45) is 10.9 Å². The summed E-state index contributed by atoms with van der Waals surface area (Å²) in [5.41, 5.74) is 1.10. The van der Waals surface area contributed by atoms with E-state index in [1.165, 1.54) is 0 Å². The van der Waals surface area contributed by atoms with Crippen LogP contribution in [0.5, 0.6) is 11.5 Å². The number of methoxy groups -OCH3 is 2. The molecule has 0 aliphatic rings. The lowest BCUT2D eigenvalue weighted by atomic mass is 10.0. The van der Waals surface area contributed by atoms with Gasteiger partial charge in [0.15, 0.2) is 5.96 Å². The Labute approximate surface area is 158 Å². The summed E-state index contributed by atoms with van der Waals surface area (Å²) < 4.78 is 16.5. The molecule has 0 aliphatic heterocycles. The Morgan fingerprint density at radius 2 is 1.85 bits per heavy atom. The first-order chi connectivity index (χ1) is 12.5. The Balaban J connectivity index is 2.45. The Morgan fingerprint density at radius 1 is 1.12 bits per heavy atom. The van der Waals surface area contributed by atoms with E-state index in [0.29, 0.717) is 5.92 Å². The summed E-state index contributed by atoms with van der Waals surface area (Å²) in [5, 5.41) is 6.70. The topological polar surface area (TPSA) is 64.1 Å². The van der Waals surface area contributed by atoms with Gasteiger partial charge in [-0.15, -0.1) is 0 Å². The van der Waals surface area contributed by atoms with Crippen molar-refractivity contribution in [2.75, 3.05) is 41.0 Å². The quantitative estimate of drug-likeness (QED) is 0.466. The highest BCUT2D eigenvalue weighted by atomic mass is 16.5. The van der Waals surface area contributed by atoms with Gasteiger partial charge in [-0.2, -0.15) is 0 Å². The fourth-order valence-electron chi connectivity index (χ4n) is 2.77. The molecule has 0 bridgehead atoms. The SMILES string of the molecule is CCOC(CCNC(=NC)NCCc1cc(OC)ccc1OC)C(C)C. The van der Waals surface area contributed by atoms with Gasteiger partial charge in [0.2, 0.25) is 0 Å². The van der Waals surface area contributed by atoms with Crippen LogP contribution in [-0.4, -0.2) is 53.0 Å². The highest BCUT2D eigenvalue weighted by molar-refractivity contribution is 5.79. The summed E-state index contributed by atoms with van der Waals surface area (Å²) in [6.07, 6.45) is 2.04. The minimum Gasteiger partial charge on any atom is -0.497 e. The molecule has 0 saturated heterocycles. The van der Waals surface area contributed by atoms with E-state index in [4.69, 9.17) is 14.2 Å². The van der Waals surface area contributed by atoms with Gasteiger partial charge in [0, 0.05) is 26.7 Å². The van der Waals surface area contributed by atoms with Crippen LogP contribution in [0.4, 0.5) is 0 Å². The molecule has 1 aromatic rings. The van der Waals surface area contributed by atoms with Crippen molar-refractivity contribution in [1.29, 1.82) is 0 Å². The number of rotatable bonds is 11. The second-order valence-corrected chi connectivity index (χ2v) is 6.38. The van der Waals surface area contributed by atoms with Gasteiger partial charge in [0.1, 0.15) is 11.5 Å². The van der Waals surface area contributed by atoms with Gasteiger partial charge in [-0.3, -0.25) is 4.99 Å². The Kier molecular flexibility index (Phi) is 10.5. The summed E-state index contributed by atoms with van der Waals surface area (Å²) >= 11 is 0. The molecule has 0 radical (unpaired) electrons. The van der Waals surface area contributed by atoms with Crippen molar-refractivity contribution >= 4 is 5.96 Å². The van der Waals surface area contributed by atoms with E-state index in [1.807, 2.05) is 25.1 Å². The highest BCUT2D eigenvalue weighted by Crippen LogP contribution is 2.24. The summed E-state index contributed by atoms with van der Waals surface area (Å²) in [6.45, 7) is 8.74. The smallest absolute Gasteiger partial charge is 0.190 e. The molecule has 26 heavy (non-hydrogen) atoms. The van der Waals surface area contributed by atoms with Gasteiger partial charge < -0.3 is 24.8 Å². The summed E-state index contributed by atoms with van der Waals surface area (Å²) in [7, 11) is 5.13. The monoisotopic (exact) mass is 365 g/mol. The minimum atomic E-state index is 0.270. The lowest BCUT2D eigenvalue weighted by molar-refractivity contribution is 0.0258. The molecule has 6 heteroatoms. The van der Waals surface area contributed by atoms with Gasteiger partial charge >= 0.3 is 0 Å². The molecule has 0 amide bonds. The molecule has 148 valence electrons. The third kappa shape index (κ3) is 7.52. The van der Waals surface area contributed by atoms with E-state index in [2.05, 4.69) is 29.5 Å². The van der Waals surface area contributed by atoms with Crippen LogP contribution in [-0.2, 0) is 11.2 Å². The Morgan fingerprint density at radius 3 is 2.42 bits per heavy atom. The largest absolute Gasteiger partial charge is 0.497 e. The lowest BCUT2D eigenvalue weighted by Gasteiger charge is -2.21. The van der Waals surface area contributed by atoms with Gasteiger partial charge in [0.25, 0.3) is 0 Å². The van der Waals surface area contributed by atoms with Crippen LogP contribution in [0.2, 0.25) is 0 Å². The van der Waals surface area contributed by atoms with E-state index in [-0.39, 0.29) is 6.10 Å². The van der Waals surface area contributed by atoms with Gasteiger partial charge in [-0.05, 0) is 49.4 Å². The van der Waals surface area contributed by atoms with Gasteiger partial charge in [-0.25, -0.2) is 0 Å². The van der Waals surface area contributed by atoms with Crippen LogP contribution < -0.4 is 20.1 Å². The maximum atomic E-state index is 5.78. The average molecular weight is 366 g/mol. The Bertz CT molecular complexity index is 547. The van der Waals surface area contributed by atoms with Crippen LogP contribution in [0, 0.1) is 5.92 Å². The fraction of sp³-hybridized carbons (Fsp3) is 0.650. The number of hydrogen-bond acceptors (Lipinski definition) is 4. The van der Waals surface area contributed by atoms with Crippen molar-refractivity contribution in [3.8, 4) is 11.5 Å². The standard InChI is InChI=1S/C20H35N3O3/c1-7-26-18(15(2)3)11-13-23-20(21-4)22-12-10-16-14-17(24-5)8-9-19(16)25-6/h8-9,14-15,18H,7,10-13H2,1-6H3,(H2,21,22,23). The Hall–Kier alpha value is -1.95. The summed E-state index contributed by atoms with van der Waals surface area (Å²) in [6, 6.07) is 5.84. The molecule has 0 saturated carbocycles. The number of ether oxygens (including phenoxy) is 3. The molecule has 0 aromatic heterocycles. The summed E-state index contributed by atoms with van der Waals surface area (Å²) in [4.78, 5) is 4.28. The second kappa shape index (κ2) is 12.4. The van der Waals surface area contributed by atoms with Gasteiger partial charge in [0.05, 0.1) is 20.3 Å². The van der Waals surface area contributed by atoms with E-state index >= 15 is 0 Å². The summed E-state index contributed by atoms with van der Waals surface area (Å²) in [5.74, 6) is 3.00. The minimum absolute atomic E-state index is 0.270. The second-order valence-electron chi connectivity index (χ2n) is 6.38. The molecule has 0 fully saturated rings. The predicted molar refractivity (Wildman–Crippen MR) is 107 cm³/mol. The van der Waals surface area contributed by atoms with E-state index in [9.17, 15) is 0 Å². The first-order valence-electron chi connectivity index (χ1n) is 9.32. The van der Waals surface area contributed by atoms with Crippen molar-refractivity contribution in [3.63, 3.8) is 0 Å².